The first kappa shape index (κ1) is 19.0. The Kier molecular flexibility index (Phi) is 5.51. The SMILES string of the molecule is COc1cccc(C(=O)N(Cc2cccs2)c2cccc(C(F)(F)F)c2)c1. The molecule has 1 aromatic heterocycles. The molecule has 0 aliphatic rings. The molecule has 0 aliphatic heterocycles. The number of ether oxygens (including phenoxy) is 1. The molecule has 0 aliphatic carbocycles. The Balaban J connectivity index is 2.02. The van der Waals surface area contributed by atoms with E-state index in [0.717, 1.165) is 17.0 Å². The summed E-state index contributed by atoms with van der Waals surface area (Å²) in [7, 11) is 1.49. The molecule has 0 saturated carbocycles. The Morgan fingerprint density at radius 2 is 1.85 bits per heavy atom. The van der Waals surface area contributed by atoms with E-state index in [2.05, 4.69) is 0 Å². The van der Waals surface area contributed by atoms with Gasteiger partial charge in [0, 0.05) is 16.1 Å². The molecule has 2 aromatic carbocycles. The summed E-state index contributed by atoms with van der Waals surface area (Å²) >= 11 is 1.44. The van der Waals surface area contributed by atoms with Crippen LogP contribution in [0.2, 0.25) is 0 Å². The zero-order valence-electron chi connectivity index (χ0n) is 14.4. The molecule has 0 bridgehead atoms. The number of alkyl halides is 3. The van der Waals surface area contributed by atoms with Crippen LogP contribution in [0.25, 0.3) is 0 Å². The van der Waals surface area contributed by atoms with Crippen LogP contribution in [0.3, 0.4) is 0 Å². The van der Waals surface area contributed by atoms with E-state index >= 15 is 0 Å². The van der Waals surface area contributed by atoms with Crippen LogP contribution in [0.5, 0.6) is 5.75 Å². The zero-order valence-corrected chi connectivity index (χ0v) is 15.2. The summed E-state index contributed by atoms with van der Waals surface area (Å²) in [6.07, 6.45) is -4.48. The normalized spacial score (nSPS) is 11.3. The number of carbonyl (C=O) groups excluding carboxylic acids is 1. The van der Waals surface area contributed by atoms with Crippen molar-refractivity contribution in [1.82, 2.24) is 0 Å². The Morgan fingerprint density at radius 3 is 2.52 bits per heavy atom. The van der Waals surface area contributed by atoms with Crippen LogP contribution < -0.4 is 9.64 Å². The van der Waals surface area contributed by atoms with Gasteiger partial charge in [0.15, 0.2) is 0 Å². The van der Waals surface area contributed by atoms with Crippen molar-refractivity contribution in [2.45, 2.75) is 12.7 Å². The third-order valence-corrected chi connectivity index (χ3v) is 4.80. The highest BCUT2D eigenvalue weighted by Gasteiger charge is 2.31. The molecule has 0 radical (unpaired) electrons. The maximum atomic E-state index is 13.1. The van der Waals surface area contributed by atoms with E-state index in [0.29, 0.717) is 11.3 Å². The minimum atomic E-state index is -4.48. The molecule has 0 atom stereocenters. The van der Waals surface area contributed by atoms with E-state index in [1.165, 1.54) is 35.5 Å². The molecule has 1 amide bonds. The fourth-order valence-corrected chi connectivity index (χ4v) is 3.29. The second kappa shape index (κ2) is 7.84. The smallest absolute Gasteiger partial charge is 0.416 e. The van der Waals surface area contributed by atoms with Crippen molar-refractivity contribution in [3.63, 3.8) is 0 Å². The first-order chi connectivity index (χ1) is 12.9. The number of nitrogens with zero attached hydrogens (tertiary/aromatic N) is 1. The third-order valence-electron chi connectivity index (χ3n) is 3.94. The minimum absolute atomic E-state index is 0.176. The van der Waals surface area contributed by atoms with Gasteiger partial charge in [-0.15, -0.1) is 11.3 Å². The van der Waals surface area contributed by atoms with Gasteiger partial charge in [-0.3, -0.25) is 4.79 Å². The van der Waals surface area contributed by atoms with Gasteiger partial charge in [-0.25, -0.2) is 0 Å². The van der Waals surface area contributed by atoms with Crippen molar-refractivity contribution in [3.8, 4) is 5.75 Å². The highest BCUT2D eigenvalue weighted by molar-refractivity contribution is 7.09. The van der Waals surface area contributed by atoms with E-state index in [-0.39, 0.29) is 12.2 Å². The van der Waals surface area contributed by atoms with Crippen LogP contribution >= 0.6 is 11.3 Å². The van der Waals surface area contributed by atoms with Crippen molar-refractivity contribution in [2.24, 2.45) is 0 Å². The van der Waals surface area contributed by atoms with Gasteiger partial charge in [-0.1, -0.05) is 18.2 Å². The maximum Gasteiger partial charge on any atom is 0.416 e. The largest absolute Gasteiger partial charge is 0.497 e. The van der Waals surface area contributed by atoms with Crippen molar-refractivity contribution < 1.29 is 22.7 Å². The van der Waals surface area contributed by atoms with E-state index < -0.39 is 17.6 Å². The monoisotopic (exact) mass is 391 g/mol. The van der Waals surface area contributed by atoms with Gasteiger partial charge < -0.3 is 9.64 Å². The van der Waals surface area contributed by atoms with Crippen LogP contribution in [0, 0.1) is 0 Å². The average molecular weight is 391 g/mol. The molecule has 7 heteroatoms. The maximum absolute atomic E-state index is 13.1. The predicted octanol–water partition coefficient (Wildman–Crippen LogP) is 5.62. The first-order valence-electron chi connectivity index (χ1n) is 8.04. The number of hydrogen-bond donors (Lipinski definition) is 0. The first-order valence-corrected chi connectivity index (χ1v) is 8.92. The van der Waals surface area contributed by atoms with Crippen molar-refractivity contribution in [3.05, 3.63) is 82.0 Å². The lowest BCUT2D eigenvalue weighted by Gasteiger charge is -2.23. The van der Waals surface area contributed by atoms with Gasteiger partial charge >= 0.3 is 6.18 Å². The van der Waals surface area contributed by atoms with E-state index in [1.807, 2.05) is 17.5 Å². The standard InChI is InChI=1S/C20H16F3NO2S/c1-26-17-8-2-5-14(11-17)19(25)24(13-18-9-4-10-27-18)16-7-3-6-15(12-16)20(21,22)23/h2-12H,13H2,1H3. The fourth-order valence-electron chi connectivity index (χ4n) is 2.60. The van der Waals surface area contributed by atoms with E-state index in [9.17, 15) is 18.0 Å². The van der Waals surface area contributed by atoms with Crippen LogP contribution in [-0.2, 0) is 12.7 Å². The van der Waals surface area contributed by atoms with Crippen molar-refractivity contribution in [2.75, 3.05) is 12.0 Å². The van der Waals surface area contributed by atoms with Gasteiger partial charge in [-0.05, 0) is 47.8 Å². The fraction of sp³-hybridized carbons (Fsp3) is 0.150. The second-order valence-corrected chi connectivity index (χ2v) is 6.78. The quantitative estimate of drug-likeness (QED) is 0.565. The molecule has 0 fully saturated rings. The molecule has 0 N–H and O–H groups in total. The third kappa shape index (κ3) is 4.49. The molecule has 0 spiro atoms. The zero-order chi connectivity index (χ0) is 19.4. The summed E-state index contributed by atoms with van der Waals surface area (Å²) in [5.74, 6) is 0.0996. The molecular formula is C20H16F3NO2S. The van der Waals surface area contributed by atoms with Gasteiger partial charge in [0.1, 0.15) is 5.75 Å². The van der Waals surface area contributed by atoms with Crippen molar-refractivity contribution >= 4 is 22.9 Å². The number of hydrogen-bond acceptors (Lipinski definition) is 3. The number of anilines is 1. The van der Waals surface area contributed by atoms with E-state index in [4.69, 9.17) is 4.74 Å². The van der Waals surface area contributed by atoms with Crippen LogP contribution in [-0.4, -0.2) is 13.0 Å². The molecule has 3 nitrogen and oxygen atoms in total. The predicted molar refractivity (Wildman–Crippen MR) is 99.3 cm³/mol. The minimum Gasteiger partial charge on any atom is -0.497 e. The summed E-state index contributed by atoms with van der Waals surface area (Å²) in [5, 5.41) is 1.86. The van der Waals surface area contributed by atoms with Crippen LogP contribution in [0.4, 0.5) is 18.9 Å². The van der Waals surface area contributed by atoms with Gasteiger partial charge in [-0.2, -0.15) is 13.2 Å². The number of halogens is 3. The van der Waals surface area contributed by atoms with Gasteiger partial charge in [0.2, 0.25) is 0 Å². The lowest BCUT2D eigenvalue weighted by Crippen LogP contribution is -2.30. The Labute approximate surface area is 158 Å². The van der Waals surface area contributed by atoms with E-state index in [1.54, 1.807) is 24.3 Å². The lowest BCUT2D eigenvalue weighted by atomic mass is 10.1. The van der Waals surface area contributed by atoms with Crippen molar-refractivity contribution in [1.29, 1.82) is 0 Å². The molecule has 140 valence electrons. The topological polar surface area (TPSA) is 29.5 Å². The molecule has 1 heterocycles. The summed E-state index contributed by atoms with van der Waals surface area (Å²) in [6.45, 7) is 0.176. The number of benzene rings is 2. The summed E-state index contributed by atoms with van der Waals surface area (Å²) in [4.78, 5) is 15.3. The summed E-state index contributed by atoms with van der Waals surface area (Å²) in [5.41, 5.74) is -0.274. The Hall–Kier alpha value is -2.80. The highest BCUT2D eigenvalue weighted by Crippen LogP contribution is 2.33. The van der Waals surface area contributed by atoms with Crippen LogP contribution in [0.1, 0.15) is 20.8 Å². The average Bonchev–Trinajstić information content (AvgIpc) is 3.18. The molecule has 0 unspecified atom stereocenters. The second-order valence-electron chi connectivity index (χ2n) is 5.75. The highest BCUT2D eigenvalue weighted by atomic mass is 32.1. The van der Waals surface area contributed by atoms with Gasteiger partial charge in [0.25, 0.3) is 5.91 Å². The number of thiophene rings is 1. The number of carbonyl (C=O) groups is 1. The van der Waals surface area contributed by atoms with Crippen LogP contribution in [0.15, 0.2) is 66.0 Å². The molecule has 3 rings (SSSR count). The van der Waals surface area contributed by atoms with Gasteiger partial charge in [0.05, 0.1) is 19.2 Å². The molecule has 0 saturated heterocycles. The number of amides is 1. The lowest BCUT2D eigenvalue weighted by molar-refractivity contribution is -0.137. The summed E-state index contributed by atoms with van der Waals surface area (Å²) < 4.78 is 44.5. The molecular weight excluding hydrogens is 375 g/mol. The number of rotatable bonds is 5. The number of methoxy groups -OCH3 is 1. The Bertz CT molecular complexity index is 923. The summed E-state index contributed by atoms with van der Waals surface area (Å²) in [6, 6.07) is 15.0. The molecule has 3 aromatic rings. The molecule has 27 heavy (non-hydrogen) atoms. The Morgan fingerprint density at radius 1 is 1.07 bits per heavy atom.